The van der Waals surface area contributed by atoms with Crippen LogP contribution in [0.4, 0.5) is 0 Å². The van der Waals surface area contributed by atoms with Crippen molar-refractivity contribution >= 4 is 11.3 Å². The van der Waals surface area contributed by atoms with Crippen molar-refractivity contribution in [3.63, 3.8) is 0 Å². The Morgan fingerprint density at radius 1 is 1.11 bits per heavy atom. The predicted octanol–water partition coefficient (Wildman–Crippen LogP) is 2.34. The normalized spacial score (nSPS) is 15.6. The molecule has 1 aliphatic rings. The molecule has 0 saturated carbocycles. The van der Waals surface area contributed by atoms with E-state index in [9.17, 15) is 4.79 Å². The van der Waals surface area contributed by atoms with Gasteiger partial charge in [-0.25, -0.2) is 4.79 Å². The number of rotatable bonds is 6. The van der Waals surface area contributed by atoms with E-state index < -0.39 is 0 Å². The molecule has 0 amide bonds. The van der Waals surface area contributed by atoms with Gasteiger partial charge in [0.15, 0.2) is 11.5 Å². The number of aromatic nitrogens is 4. The Morgan fingerprint density at radius 2 is 1.93 bits per heavy atom. The highest BCUT2D eigenvalue weighted by Gasteiger charge is 2.25. The first-order valence-corrected chi connectivity index (χ1v) is 10.1. The minimum absolute atomic E-state index is 0.0738. The fraction of sp³-hybridized carbons (Fsp3) is 0.421. The highest BCUT2D eigenvalue weighted by Crippen LogP contribution is 2.32. The van der Waals surface area contributed by atoms with Gasteiger partial charge < -0.3 is 9.47 Å². The number of methoxy groups -OCH3 is 2. The average molecular weight is 401 g/mol. The molecule has 1 aromatic carbocycles. The predicted molar refractivity (Wildman–Crippen MR) is 107 cm³/mol. The van der Waals surface area contributed by atoms with Gasteiger partial charge in [0.05, 0.1) is 20.3 Å². The number of nitrogens with zero attached hydrogens (tertiary/aromatic N) is 5. The number of hydrogen-bond acceptors (Lipinski definition) is 7. The molecular formula is C19H23N5O3S. The van der Waals surface area contributed by atoms with Gasteiger partial charge in [-0.1, -0.05) is 12.1 Å². The summed E-state index contributed by atoms with van der Waals surface area (Å²) >= 11 is 1.48. The van der Waals surface area contributed by atoms with Gasteiger partial charge in [0.2, 0.25) is 0 Å². The molecule has 0 aliphatic carbocycles. The molecule has 28 heavy (non-hydrogen) atoms. The summed E-state index contributed by atoms with van der Waals surface area (Å²) in [5, 5.41) is 10.9. The zero-order chi connectivity index (χ0) is 19.5. The SMILES string of the molecule is COc1cccc(CN2CCC(n3nnn(-c4cccs4)c3=O)CC2)c1OC. The quantitative estimate of drug-likeness (QED) is 0.631. The molecule has 0 radical (unpaired) electrons. The van der Waals surface area contributed by atoms with Gasteiger partial charge in [-0.15, -0.1) is 11.3 Å². The maximum Gasteiger partial charge on any atom is 0.369 e. The van der Waals surface area contributed by atoms with Crippen molar-refractivity contribution in [3.8, 4) is 16.5 Å². The maximum absolute atomic E-state index is 12.7. The molecule has 0 spiro atoms. The van der Waals surface area contributed by atoms with Crippen molar-refractivity contribution in [3.05, 3.63) is 51.8 Å². The second-order valence-electron chi connectivity index (χ2n) is 6.73. The highest BCUT2D eigenvalue weighted by atomic mass is 32.1. The Labute approximate surface area is 166 Å². The van der Waals surface area contributed by atoms with Crippen LogP contribution in [-0.4, -0.2) is 52.0 Å². The van der Waals surface area contributed by atoms with Gasteiger partial charge in [0.1, 0.15) is 5.00 Å². The summed E-state index contributed by atoms with van der Waals surface area (Å²) < 4.78 is 13.8. The largest absolute Gasteiger partial charge is 0.493 e. The number of thiophene rings is 1. The summed E-state index contributed by atoms with van der Waals surface area (Å²) in [6.45, 7) is 2.54. The lowest BCUT2D eigenvalue weighted by atomic mass is 10.0. The zero-order valence-corrected chi connectivity index (χ0v) is 16.8. The molecule has 3 heterocycles. The van der Waals surface area contributed by atoms with Crippen LogP contribution in [0.3, 0.4) is 0 Å². The lowest BCUT2D eigenvalue weighted by Gasteiger charge is -2.31. The van der Waals surface area contributed by atoms with Crippen molar-refractivity contribution in [2.75, 3.05) is 27.3 Å². The second kappa shape index (κ2) is 8.15. The van der Waals surface area contributed by atoms with E-state index >= 15 is 0 Å². The number of benzene rings is 1. The van der Waals surface area contributed by atoms with Crippen molar-refractivity contribution < 1.29 is 9.47 Å². The van der Waals surface area contributed by atoms with Crippen LogP contribution in [0.25, 0.3) is 5.00 Å². The summed E-state index contributed by atoms with van der Waals surface area (Å²) in [5.41, 5.74) is 0.927. The van der Waals surface area contributed by atoms with E-state index in [0.717, 1.165) is 54.5 Å². The van der Waals surface area contributed by atoms with E-state index in [1.165, 1.54) is 20.7 Å². The molecule has 0 atom stereocenters. The van der Waals surface area contributed by atoms with E-state index in [4.69, 9.17) is 9.47 Å². The number of ether oxygens (including phenoxy) is 2. The van der Waals surface area contributed by atoms with Crippen LogP contribution in [0.5, 0.6) is 11.5 Å². The van der Waals surface area contributed by atoms with Crippen LogP contribution in [0, 0.1) is 0 Å². The highest BCUT2D eigenvalue weighted by molar-refractivity contribution is 7.12. The molecule has 3 aromatic rings. The van der Waals surface area contributed by atoms with Crippen LogP contribution in [0.2, 0.25) is 0 Å². The summed E-state index contributed by atoms with van der Waals surface area (Å²) in [4.78, 5) is 15.0. The maximum atomic E-state index is 12.7. The van der Waals surface area contributed by atoms with E-state index in [0.29, 0.717) is 0 Å². The van der Waals surface area contributed by atoms with Gasteiger partial charge in [-0.05, 0) is 46.8 Å². The van der Waals surface area contributed by atoms with E-state index in [2.05, 4.69) is 21.4 Å². The number of hydrogen-bond donors (Lipinski definition) is 0. The molecule has 8 nitrogen and oxygen atoms in total. The fourth-order valence-corrected chi connectivity index (χ4v) is 4.32. The van der Waals surface area contributed by atoms with Gasteiger partial charge in [0, 0.05) is 25.2 Å². The standard InChI is InChI=1S/C19H23N5O3S/c1-26-16-6-3-5-14(18(16)27-2)13-22-10-8-15(9-11-22)23-19(25)24(21-20-23)17-7-4-12-28-17/h3-7,12,15H,8-11,13H2,1-2H3. The first-order valence-electron chi connectivity index (χ1n) is 9.22. The minimum Gasteiger partial charge on any atom is -0.493 e. The lowest BCUT2D eigenvalue weighted by Crippen LogP contribution is -2.37. The second-order valence-corrected chi connectivity index (χ2v) is 7.66. The smallest absolute Gasteiger partial charge is 0.369 e. The first-order chi connectivity index (χ1) is 13.7. The number of likely N-dealkylation sites (tertiary alicyclic amines) is 1. The topological polar surface area (TPSA) is 74.4 Å². The molecule has 9 heteroatoms. The Bertz CT molecular complexity index is 974. The van der Waals surface area contributed by atoms with Crippen molar-refractivity contribution in [1.29, 1.82) is 0 Å². The zero-order valence-electron chi connectivity index (χ0n) is 15.9. The molecule has 1 saturated heterocycles. The molecule has 1 aliphatic heterocycles. The van der Waals surface area contributed by atoms with Crippen LogP contribution < -0.4 is 15.2 Å². The minimum atomic E-state index is -0.171. The average Bonchev–Trinajstić information content (AvgIpc) is 3.38. The Morgan fingerprint density at radius 3 is 2.61 bits per heavy atom. The molecule has 1 fully saturated rings. The van der Waals surface area contributed by atoms with E-state index in [1.54, 1.807) is 14.2 Å². The van der Waals surface area contributed by atoms with Gasteiger partial charge in [0.25, 0.3) is 0 Å². The van der Waals surface area contributed by atoms with Crippen LogP contribution >= 0.6 is 11.3 Å². The summed E-state index contributed by atoms with van der Waals surface area (Å²) in [6, 6.07) is 9.78. The molecular weight excluding hydrogens is 378 g/mol. The monoisotopic (exact) mass is 401 g/mol. The Hall–Kier alpha value is -2.65. The number of piperidine rings is 1. The van der Waals surface area contributed by atoms with Gasteiger partial charge in [-0.2, -0.15) is 9.36 Å². The summed E-state index contributed by atoms with van der Waals surface area (Å²) in [5.74, 6) is 1.52. The Kier molecular flexibility index (Phi) is 5.45. The Balaban J connectivity index is 1.43. The third-order valence-electron chi connectivity index (χ3n) is 5.10. The molecule has 0 bridgehead atoms. The third-order valence-corrected chi connectivity index (χ3v) is 5.94. The number of tetrazole rings is 1. The summed E-state index contributed by atoms with van der Waals surface area (Å²) in [6.07, 6.45) is 1.71. The lowest BCUT2D eigenvalue weighted by molar-refractivity contribution is 0.168. The molecule has 4 rings (SSSR count). The molecule has 148 valence electrons. The van der Waals surface area contributed by atoms with Crippen LogP contribution in [-0.2, 0) is 6.54 Å². The van der Waals surface area contributed by atoms with Crippen LogP contribution in [0.15, 0.2) is 40.5 Å². The van der Waals surface area contributed by atoms with E-state index in [-0.39, 0.29) is 11.7 Å². The van der Waals surface area contributed by atoms with Gasteiger partial charge >= 0.3 is 5.69 Å². The van der Waals surface area contributed by atoms with Crippen molar-refractivity contribution in [2.45, 2.75) is 25.4 Å². The third kappa shape index (κ3) is 3.55. The number of para-hydroxylation sites is 1. The summed E-state index contributed by atoms with van der Waals surface area (Å²) in [7, 11) is 3.31. The fourth-order valence-electron chi connectivity index (χ4n) is 3.66. The van der Waals surface area contributed by atoms with Crippen molar-refractivity contribution in [1.82, 2.24) is 24.7 Å². The van der Waals surface area contributed by atoms with Crippen LogP contribution in [0.1, 0.15) is 24.4 Å². The molecule has 0 N–H and O–H groups in total. The van der Waals surface area contributed by atoms with Gasteiger partial charge in [-0.3, -0.25) is 4.90 Å². The molecule has 2 aromatic heterocycles. The molecule has 0 unspecified atom stereocenters. The van der Waals surface area contributed by atoms with E-state index in [1.807, 2.05) is 29.6 Å². The first kappa shape index (κ1) is 18.7. The van der Waals surface area contributed by atoms with Crippen molar-refractivity contribution in [2.24, 2.45) is 0 Å².